The number of aromatic nitrogens is 2. The molecule has 1 aromatic heterocycles. The van der Waals surface area contributed by atoms with Crippen molar-refractivity contribution in [3.05, 3.63) is 41.2 Å². The van der Waals surface area contributed by atoms with Gasteiger partial charge in [0, 0.05) is 24.8 Å². The average Bonchev–Trinajstić information content (AvgIpc) is 2.88. The summed E-state index contributed by atoms with van der Waals surface area (Å²) in [6.07, 6.45) is 1.95. The van der Waals surface area contributed by atoms with Gasteiger partial charge in [-0.25, -0.2) is 0 Å². The SMILES string of the molecule is CCn1cc(CNC(=S)Nc2cc(C)ccc2OC(F)F)c(C)n1. The van der Waals surface area contributed by atoms with Crippen molar-refractivity contribution in [2.24, 2.45) is 0 Å². The third-order valence-corrected chi connectivity index (χ3v) is 3.66. The Morgan fingerprint density at radius 1 is 1.38 bits per heavy atom. The van der Waals surface area contributed by atoms with E-state index in [2.05, 4.69) is 20.5 Å². The number of rotatable bonds is 6. The van der Waals surface area contributed by atoms with E-state index in [4.69, 9.17) is 12.2 Å². The minimum Gasteiger partial charge on any atom is -0.433 e. The minimum absolute atomic E-state index is 0.0507. The maximum absolute atomic E-state index is 12.5. The predicted molar refractivity (Wildman–Crippen MR) is 93.5 cm³/mol. The molecule has 24 heavy (non-hydrogen) atoms. The van der Waals surface area contributed by atoms with Gasteiger partial charge in [-0.3, -0.25) is 4.68 Å². The third kappa shape index (κ3) is 4.89. The third-order valence-electron chi connectivity index (χ3n) is 3.41. The lowest BCUT2D eigenvalue weighted by atomic mass is 10.2. The van der Waals surface area contributed by atoms with E-state index in [-0.39, 0.29) is 5.75 Å². The van der Waals surface area contributed by atoms with Crippen LogP contribution in [-0.2, 0) is 13.1 Å². The van der Waals surface area contributed by atoms with Gasteiger partial charge in [-0.15, -0.1) is 0 Å². The molecule has 2 rings (SSSR count). The Labute approximate surface area is 145 Å². The Hall–Kier alpha value is -2.22. The first kappa shape index (κ1) is 18.1. The predicted octanol–water partition coefficient (Wildman–Crippen LogP) is 3.61. The number of aryl methyl sites for hydroxylation is 3. The van der Waals surface area contributed by atoms with E-state index in [1.54, 1.807) is 12.1 Å². The number of halogens is 2. The van der Waals surface area contributed by atoms with E-state index in [0.29, 0.717) is 17.3 Å². The molecule has 2 aromatic rings. The maximum atomic E-state index is 12.5. The Kier molecular flexibility index (Phi) is 6.08. The summed E-state index contributed by atoms with van der Waals surface area (Å²) in [6.45, 7) is 4.19. The summed E-state index contributed by atoms with van der Waals surface area (Å²) >= 11 is 5.24. The van der Waals surface area contributed by atoms with E-state index in [9.17, 15) is 8.78 Å². The lowest BCUT2D eigenvalue weighted by molar-refractivity contribution is -0.0493. The Bertz CT molecular complexity index is 718. The van der Waals surface area contributed by atoms with Crippen LogP contribution in [0.15, 0.2) is 24.4 Å². The zero-order chi connectivity index (χ0) is 17.7. The lowest BCUT2D eigenvalue weighted by Crippen LogP contribution is -2.28. The highest BCUT2D eigenvalue weighted by molar-refractivity contribution is 7.80. The topological polar surface area (TPSA) is 51.1 Å². The number of nitrogens with one attached hydrogen (secondary N) is 2. The van der Waals surface area contributed by atoms with Gasteiger partial charge < -0.3 is 15.4 Å². The van der Waals surface area contributed by atoms with E-state index in [0.717, 1.165) is 23.4 Å². The summed E-state index contributed by atoms with van der Waals surface area (Å²) in [5, 5.41) is 10.6. The van der Waals surface area contributed by atoms with Crippen LogP contribution in [0.25, 0.3) is 0 Å². The molecule has 0 amide bonds. The second-order valence-corrected chi connectivity index (χ2v) is 5.69. The van der Waals surface area contributed by atoms with Gasteiger partial charge in [0.25, 0.3) is 0 Å². The van der Waals surface area contributed by atoms with E-state index in [1.165, 1.54) is 6.07 Å². The first-order valence-electron chi connectivity index (χ1n) is 7.52. The number of anilines is 1. The molecule has 0 radical (unpaired) electrons. The number of hydrogen-bond donors (Lipinski definition) is 2. The Balaban J connectivity index is 2.01. The fourth-order valence-electron chi connectivity index (χ4n) is 2.18. The van der Waals surface area contributed by atoms with Crippen molar-refractivity contribution in [3.8, 4) is 5.75 Å². The molecule has 8 heteroatoms. The largest absolute Gasteiger partial charge is 0.433 e. The highest BCUT2D eigenvalue weighted by Gasteiger charge is 2.11. The van der Waals surface area contributed by atoms with Crippen LogP contribution in [0.4, 0.5) is 14.5 Å². The van der Waals surface area contributed by atoms with Gasteiger partial charge in [0.2, 0.25) is 0 Å². The van der Waals surface area contributed by atoms with Crippen molar-refractivity contribution < 1.29 is 13.5 Å². The number of hydrogen-bond acceptors (Lipinski definition) is 3. The van der Waals surface area contributed by atoms with Crippen molar-refractivity contribution in [1.29, 1.82) is 0 Å². The van der Waals surface area contributed by atoms with Crippen molar-refractivity contribution in [2.45, 2.75) is 40.5 Å². The molecule has 2 N–H and O–H groups in total. The quantitative estimate of drug-likeness (QED) is 0.776. The van der Waals surface area contributed by atoms with Gasteiger partial charge in [-0.1, -0.05) is 6.07 Å². The van der Waals surface area contributed by atoms with E-state index in [1.807, 2.05) is 31.6 Å². The van der Waals surface area contributed by atoms with Gasteiger partial charge >= 0.3 is 6.61 Å². The summed E-state index contributed by atoms with van der Waals surface area (Å²) in [7, 11) is 0. The van der Waals surface area contributed by atoms with Gasteiger partial charge in [0.1, 0.15) is 5.75 Å². The molecule has 0 spiro atoms. The number of thiocarbonyl (C=S) groups is 1. The summed E-state index contributed by atoms with van der Waals surface area (Å²) in [4.78, 5) is 0. The van der Waals surface area contributed by atoms with Gasteiger partial charge in [-0.2, -0.15) is 13.9 Å². The number of benzene rings is 1. The fraction of sp³-hybridized carbons (Fsp3) is 0.375. The monoisotopic (exact) mass is 354 g/mol. The van der Waals surface area contributed by atoms with Crippen LogP contribution >= 0.6 is 12.2 Å². The lowest BCUT2D eigenvalue weighted by Gasteiger charge is -2.15. The highest BCUT2D eigenvalue weighted by Crippen LogP contribution is 2.27. The molecular formula is C16H20F2N4OS. The zero-order valence-corrected chi connectivity index (χ0v) is 14.6. The molecule has 0 saturated heterocycles. The maximum Gasteiger partial charge on any atom is 0.387 e. The fourth-order valence-corrected chi connectivity index (χ4v) is 2.36. The van der Waals surface area contributed by atoms with Crippen LogP contribution in [-0.4, -0.2) is 21.5 Å². The molecule has 0 saturated carbocycles. The minimum atomic E-state index is -2.89. The van der Waals surface area contributed by atoms with Crippen LogP contribution < -0.4 is 15.4 Å². The molecule has 5 nitrogen and oxygen atoms in total. The number of ether oxygens (including phenoxy) is 1. The molecule has 0 aliphatic carbocycles. The molecule has 0 aliphatic heterocycles. The van der Waals surface area contributed by atoms with Gasteiger partial charge in [0.05, 0.1) is 11.4 Å². The van der Waals surface area contributed by atoms with Gasteiger partial charge in [0.15, 0.2) is 5.11 Å². The zero-order valence-electron chi connectivity index (χ0n) is 13.8. The first-order valence-corrected chi connectivity index (χ1v) is 7.93. The molecule has 0 bridgehead atoms. The first-order chi connectivity index (χ1) is 11.4. The molecular weight excluding hydrogens is 334 g/mol. The van der Waals surface area contributed by atoms with Crippen molar-refractivity contribution in [3.63, 3.8) is 0 Å². The van der Waals surface area contributed by atoms with Crippen LogP contribution in [0.2, 0.25) is 0 Å². The Morgan fingerprint density at radius 3 is 2.75 bits per heavy atom. The number of nitrogens with zero attached hydrogens (tertiary/aromatic N) is 2. The van der Waals surface area contributed by atoms with Crippen LogP contribution in [0.5, 0.6) is 5.75 Å². The van der Waals surface area contributed by atoms with E-state index < -0.39 is 6.61 Å². The molecule has 0 aliphatic rings. The van der Waals surface area contributed by atoms with Gasteiger partial charge in [-0.05, 0) is 50.7 Å². The van der Waals surface area contributed by atoms with Crippen LogP contribution in [0, 0.1) is 13.8 Å². The molecule has 0 fully saturated rings. The van der Waals surface area contributed by atoms with Crippen molar-refractivity contribution >= 4 is 23.0 Å². The summed E-state index contributed by atoms with van der Waals surface area (Å²) < 4.78 is 31.3. The molecule has 0 atom stereocenters. The Morgan fingerprint density at radius 2 is 2.12 bits per heavy atom. The van der Waals surface area contributed by atoms with Crippen molar-refractivity contribution in [1.82, 2.24) is 15.1 Å². The normalized spacial score (nSPS) is 10.8. The average molecular weight is 354 g/mol. The number of alkyl halides is 2. The standard InChI is InChI=1S/C16H20F2N4OS/c1-4-22-9-12(11(3)21-22)8-19-16(24)20-13-7-10(2)5-6-14(13)23-15(17)18/h5-7,9,15H,4,8H2,1-3H3,(H2,19,20,24). The van der Waals surface area contributed by atoms with Crippen LogP contribution in [0.1, 0.15) is 23.7 Å². The molecule has 0 unspecified atom stereocenters. The smallest absolute Gasteiger partial charge is 0.387 e. The second kappa shape index (κ2) is 8.05. The molecule has 130 valence electrons. The molecule has 1 heterocycles. The summed E-state index contributed by atoms with van der Waals surface area (Å²) in [6, 6.07) is 4.88. The van der Waals surface area contributed by atoms with Crippen molar-refractivity contribution in [2.75, 3.05) is 5.32 Å². The van der Waals surface area contributed by atoms with Crippen LogP contribution in [0.3, 0.4) is 0 Å². The molecule has 1 aromatic carbocycles. The second-order valence-electron chi connectivity index (χ2n) is 5.28. The van der Waals surface area contributed by atoms with E-state index >= 15 is 0 Å². The highest BCUT2D eigenvalue weighted by atomic mass is 32.1. The summed E-state index contributed by atoms with van der Waals surface area (Å²) in [5.41, 5.74) is 3.24. The summed E-state index contributed by atoms with van der Waals surface area (Å²) in [5.74, 6) is 0.0507.